The minimum atomic E-state index is -0.101. The molecule has 0 aliphatic rings. The van der Waals surface area contributed by atoms with Gasteiger partial charge in [-0.05, 0) is 12.1 Å². The fraction of sp³-hybridized carbons (Fsp3) is 0.308. The Balaban J connectivity index is 1.74. The van der Waals surface area contributed by atoms with E-state index in [2.05, 4.69) is 20.6 Å². The molecule has 2 rings (SSSR count). The number of carbonyl (C=O) groups excluding carboxylic acids is 2. The number of nitrogens with zero attached hydrogens (tertiary/aromatic N) is 1. The summed E-state index contributed by atoms with van der Waals surface area (Å²) in [6.07, 6.45) is 0. The molecular formula is C13H16N4O2S. The molecule has 2 amide bonds. The second-order valence-electron chi connectivity index (χ2n) is 4.18. The monoisotopic (exact) mass is 292 g/mol. The van der Waals surface area contributed by atoms with E-state index >= 15 is 0 Å². The van der Waals surface area contributed by atoms with Crippen LogP contribution in [0, 0.1) is 0 Å². The molecule has 7 heteroatoms. The average Bonchev–Trinajstić information content (AvgIpc) is 2.84. The number of H-pyrrole nitrogens is 1. The molecule has 1 aromatic heterocycles. The molecule has 6 nitrogen and oxygen atoms in total. The summed E-state index contributed by atoms with van der Waals surface area (Å²) < 4.78 is 0. The maximum atomic E-state index is 11.6. The van der Waals surface area contributed by atoms with Crippen molar-refractivity contribution in [2.45, 2.75) is 12.1 Å². The van der Waals surface area contributed by atoms with E-state index in [0.717, 1.165) is 16.2 Å². The summed E-state index contributed by atoms with van der Waals surface area (Å²) in [5, 5.41) is 6.06. The van der Waals surface area contributed by atoms with Crippen molar-refractivity contribution >= 4 is 34.6 Å². The first-order chi connectivity index (χ1) is 9.65. The molecule has 1 aromatic carbocycles. The molecule has 3 N–H and O–H groups in total. The smallest absolute Gasteiger partial charge is 0.230 e. The van der Waals surface area contributed by atoms with Gasteiger partial charge in [-0.3, -0.25) is 9.59 Å². The number of imidazole rings is 1. The average molecular weight is 292 g/mol. The molecule has 0 fully saturated rings. The molecule has 2 aromatic rings. The molecule has 0 unspecified atom stereocenters. The lowest BCUT2D eigenvalue weighted by atomic mass is 10.3. The number of aromatic nitrogens is 2. The number of carbonyl (C=O) groups is 2. The molecule has 0 saturated carbocycles. The highest BCUT2D eigenvalue weighted by atomic mass is 32.2. The summed E-state index contributed by atoms with van der Waals surface area (Å²) in [4.78, 5) is 29.8. The number of para-hydroxylation sites is 2. The number of nitrogens with one attached hydrogen (secondary N) is 3. The largest absolute Gasteiger partial charge is 0.355 e. The van der Waals surface area contributed by atoms with Gasteiger partial charge in [0.1, 0.15) is 0 Å². The highest BCUT2D eigenvalue weighted by Crippen LogP contribution is 2.18. The summed E-state index contributed by atoms with van der Waals surface area (Å²) in [5.41, 5.74) is 1.85. The quantitative estimate of drug-likeness (QED) is 0.545. The van der Waals surface area contributed by atoms with Gasteiger partial charge in [-0.25, -0.2) is 4.98 Å². The van der Waals surface area contributed by atoms with Gasteiger partial charge in [0.25, 0.3) is 0 Å². The number of amides is 2. The predicted octanol–water partition coefficient (Wildman–Crippen LogP) is 0.907. The number of fused-ring (bicyclic) bond motifs is 1. The van der Waals surface area contributed by atoms with Gasteiger partial charge in [0.05, 0.1) is 16.8 Å². The van der Waals surface area contributed by atoms with Gasteiger partial charge in [-0.15, -0.1) is 0 Å². The van der Waals surface area contributed by atoms with Crippen LogP contribution < -0.4 is 10.6 Å². The fourth-order valence-electron chi connectivity index (χ4n) is 1.62. The van der Waals surface area contributed by atoms with Gasteiger partial charge >= 0.3 is 0 Å². The lowest BCUT2D eigenvalue weighted by Gasteiger charge is -2.04. The van der Waals surface area contributed by atoms with E-state index < -0.39 is 0 Å². The van der Waals surface area contributed by atoms with Gasteiger partial charge in [0, 0.05) is 20.0 Å². The van der Waals surface area contributed by atoms with E-state index in [1.165, 1.54) is 18.7 Å². The van der Waals surface area contributed by atoms with Crippen LogP contribution in [0.2, 0.25) is 0 Å². The summed E-state index contributed by atoms with van der Waals surface area (Å²) in [6.45, 7) is 2.31. The summed E-state index contributed by atoms with van der Waals surface area (Å²) >= 11 is 1.35. The zero-order valence-corrected chi connectivity index (χ0v) is 11.9. The standard InChI is InChI=1S/C13H16N4O2S/c1-9(18)14-6-7-15-12(19)8-20-13-16-10-4-2-3-5-11(10)17-13/h2-5H,6-8H2,1H3,(H,14,18)(H,15,19)(H,16,17). The van der Waals surface area contributed by atoms with Crippen LogP contribution >= 0.6 is 11.8 Å². The molecular weight excluding hydrogens is 276 g/mol. The molecule has 0 aliphatic carbocycles. The van der Waals surface area contributed by atoms with Crippen molar-refractivity contribution < 1.29 is 9.59 Å². The van der Waals surface area contributed by atoms with Crippen LogP contribution in [0.4, 0.5) is 0 Å². The molecule has 0 radical (unpaired) electrons. The lowest BCUT2D eigenvalue weighted by Crippen LogP contribution is -2.34. The molecule has 0 atom stereocenters. The zero-order chi connectivity index (χ0) is 14.4. The minimum absolute atomic E-state index is 0.0826. The first-order valence-electron chi connectivity index (χ1n) is 6.24. The van der Waals surface area contributed by atoms with Crippen molar-refractivity contribution in [3.8, 4) is 0 Å². The molecule has 20 heavy (non-hydrogen) atoms. The Morgan fingerprint density at radius 1 is 1.25 bits per heavy atom. The Kier molecular flexibility index (Phi) is 5.00. The Labute approximate surface area is 120 Å². The van der Waals surface area contributed by atoms with Gasteiger partial charge in [-0.1, -0.05) is 23.9 Å². The van der Waals surface area contributed by atoms with E-state index in [1.54, 1.807) is 0 Å². The first-order valence-corrected chi connectivity index (χ1v) is 7.22. The van der Waals surface area contributed by atoms with E-state index in [9.17, 15) is 9.59 Å². The van der Waals surface area contributed by atoms with Crippen molar-refractivity contribution in [3.63, 3.8) is 0 Å². The maximum absolute atomic E-state index is 11.6. The Morgan fingerprint density at radius 3 is 2.75 bits per heavy atom. The molecule has 0 aliphatic heterocycles. The van der Waals surface area contributed by atoms with Crippen LogP contribution in [0.25, 0.3) is 11.0 Å². The molecule has 106 valence electrons. The lowest BCUT2D eigenvalue weighted by molar-refractivity contribution is -0.120. The van der Waals surface area contributed by atoms with Crippen molar-refractivity contribution in [2.75, 3.05) is 18.8 Å². The van der Waals surface area contributed by atoms with Crippen LogP contribution in [-0.2, 0) is 9.59 Å². The first kappa shape index (κ1) is 14.4. The van der Waals surface area contributed by atoms with Crippen LogP contribution in [0.5, 0.6) is 0 Å². The Morgan fingerprint density at radius 2 is 2.00 bits per heavy atom. The zero-order valence-electron chi connectivity index (χ0n) is 11.1. The summed E-state index contributed by atoms with van der Waals surface area (Å²) in [6, 6.07) is 7.72. The minimum Gasteiger partial charge on any atom is -0.355 e. The SMILES string of the molecule is CC(=O)NCCNC(=O)CSc1nc2ccccc2[nH]1. The highest BCUT2D eigenvalue weighted by Gasteiger charge is 2.06. The third kappa shape index (κ3) is 4.27. The molecule has 0 saturated heterocycles. The Hall–Kier alpha value is -2.02. The fourth-order valence-corrected chi connectivity index (χ4v) is 2.34. The normalized spacial score (nSPS) is 10.4. The number of thioether (sulfide) groups is 1. The number of hydrogen-bond acceptors (Lipinski definition) is 4. The summed E-state index contributed by atoms with van der Waals surface area (Å²) in [7, 11) is 0. The van der Waals surface area contributed by atoms with Crippen LogP contribution in [-0.4, -0.2) is 40.6 Å². The van der Waals surface area contributed by atoms with Crippen LogP contribution in [0.15, 0.2) is 29.4 Å². The van der Waals surface area contributed by atoms with Gasteiger partial charge in [0.15, 0.2) is 5.16 Å². The van der Waals surface area contributed by atoms with Crippen molar-refractivity contribution in [1.82, 2.24) is 20.6 Å². The van der Waals surface area contributed by atoms with Crippen LogP contribution in [0.3, 0.4) is 0 Å². The Bertz CT molecular complexity index is 578. The van der Waals surface area contributed by atoms with Crippen molar-refractivity contribution in [3.05, 3.63) is 24.3 Å². The van der Waals surface area contributed by atoms with Crippen molar-refractivity contribution in [2.24, 2.45) is 0 Å². The van der Waals surface area contributed by atoms with E-state index in [1.807, 2.05) is 24.3 Å². The molecule has 0 spiro atoms. The third-order valence-electron chi connectivity index (χ3n) is 2.53. The predicted molar refractivity (Wildman–Crippen MR) is 78.5 cm³/mol. The highest BCUT2D eigenvalue weighted by molar-refractivity contribution is 7.99. The number of rotatable bonds is 6. The van der Waals surface area contributed by atoms with Gasteiger partial charge in [0.2, 0.25) is 11.8 Å². The molecule has 0 bridgehead atoms. The topological polar surface area (TPSA) is 86.9 Å². The van der Waals surface area contributed by atoms with Gasteiger partial charge < -0.3 is 15.6 Å². The third-order valence-corrected chi connectivity index (χ3v) is 3.40. The van der Waals surface area contributed by atoms with Gasteiger partial charge in [-0.2, -0.15) is 0 Å². The number of hydrogen-bond donors (Lipinski definition) is 3. The number of aromatic amines is 1. The van der Waals surface area contributed by atoms with E-state index in [-0.39, 0.29) is 11.8 Å². The van der Waals surface area contributed by atoms with E-state index in [4.69, 9.17) is 0 Å². The second kappa shape index (κ2) is 6.95. The summed E-state index contributed by atoms with van der Waals surface area (Å²) in [5.74, 6) is 0.108. The number of benzene rings is 1. The van der Waals surface area contributed by atoms with E-state index in [0.29, 0.717) is 18.8 Å². The maximum Gasteiger partial charge on any atom is 0.230 e. The second-order valence-corrected chi connectivity index (χ2v) is 5.14. The molecule has 1 heterocycles. The van der Waals surface area contributed by atoms with Crippen molar-refractivity contribution in [1.29, 1.82) is 0 Å². The van der Waals surface area contributed by atoms with Crippen LogP contribution in [0.1, 0.15) is 6.92 Å².